The van der Waals surface area contributed by atoms with Gasteiger partial charge in [-0.05, 0) is 17.5 Å². The van der Waals surface area contributed by atoms with Crippen LogP contribution in [0.25, 0.3) is 0 Å². The molecule has 1 aromatic heterocycles. The van der Waals surface area contributed by atoms with Crippen LogP contribution in [-0.4, -0.2) is 20.2 Å². The van der Waals surface area contributed by atoms with Gasteiger partial charge in [0.25, 0.3) is 0 Å². The van der Waals surface area contributed by atoms with Gasteiger partial charge < -0.3 is 5.32 Å². The highest BCUT2D eigenvalue weighted by Gasteiger charge is 2.15. The summed E-state index contributed by atoms with van der Waals surface area (Å²) >= 11 is 1.12. The van der Waals surface area contributed by atoms with E-state index in [4.69, 9.17) is 0 Å². The number of carbonyl (C=O) groups excluding carboxylic acids is 1. The summed E-state index contributed by atoms with van der Waals surface area (Å²) in [6.45, 7) is 3.22. The van der Waals surface area contributed by atoms with Gasteiger partial charge in [-0.25, -0.2) is 8.42 Å². The molecule has 0 fully saturated rings. The van der Waals surface area contributed by atoms with Crippen molar-refractivity contribution in [3.63, 3.8) is 0 Å². The van der Waals surface area contributed by atoms with Crippen LogP contribution < -0.4 is 5.32 Å². The van der Waals surface area contributed by atoms with Gasteiger partial charge in [-0.15, -0.1) is 11.3 Å². The molecule has 1 aromatic rings. The first-order valence-corrected chi connectivity index (χ1v) is 6.26. The van der Waals surface area contributed by atoms with E-state index in [-0.39, 0.29) is 4.21 Å². The number of amides is 1. The number of rotatable bonds is 4. The van der Waals surface area contributed by atoms with Crippen molar-refractivity contribution in [3.05, 3.63) is 30.2 Å². The van der Waals surface area contributed by atoms with E-state index in [1.807, 2.05) is 0 Å². The summed E-state index contributed by atoms with van der Waals surface area (Å²) in [6.07, 6.45) is 1.03. The van der Waals surface area contributed by atoms with E-state index >= 15 is 0 Å². The first-order chi connectivity index (χ1) is 6.56. The van der Waals surface area contributed by atoms with E-state index in [2.05, 4.69) is 11.9 Å². The number of carbonyl (C=O) groups is 1. The second-order valence-corrected chi connectivity index (χ2v) is 5.60. The molecule has 0 unspecified atom stereocenters. The Labute approximate surface area is 86.2 Å². The first kappa shape index (κ1) is 10.9. The third-order valence-electron chi connectivity index (χ3n) is 1.42. The molecule has 14 heavy (non-hydrogen) atoms. The van der Waals surface area contributed by atoms with E-state index in [0.29, 0.717) is 0 Å². The summed E-state index contributed by atoms with van der Waals surface area (Å²) < 4.78 is 23.2. The van der Waals surface area contributed by atoms with Crippen LogP contribution in [0, 0.1) is 0 Å². The predicted octanol–water partition coefficient (Wildman–Crippen LogP) is 0.782. The van der Waals surface area contributed by atoms with Gasteiger partial charge in [0.15, 0.2) is 0 Å². The quantitative estimate of drug-likeness (QED) is 0.779. The van der Waals surface area contributed by atoms with Crippen molar-refractivity contribution in [3.8, 4) is 0 Å². The van der Waals surface area contributed by atoms with E-state index in [1.54, 1.807) is 11.4 Å². The van der Waals surface area contributed by atoms with Crippen molar-refractivity contribution in [2.75, 3.05) is 5.88 Å². The Balaban J connectivity index is 2.69. The lowest BCUT2D eigenvalue weighted by Crippen LogP contribution is -2.27. The average molecular weight is 231 g/mol. The monoisotopic (exact) mass is 231 g/mol. The van der Waals surface area contributed by atoms with Crippen molar-refractivity contribution >= 4 is 27.1 Å². The van der Waals surface area contributed by atoms with Gasteiger partial charge >= 0.3 is 0 Å². The smallest absolute Gasteiger partial charge is 0.244 e. The van der Waals surface area contributed by atoms with Crippen LogP contribution in [-0.2, 0) is 14.6 Å². The summed E-state index contributed by atoms with van der Waals surface area (Å²) in [6, 6.07) is 3.15. The molecule has 6 heteroatoms. The Kier molecular flexibility index (Phi) is 3.43. The zero-order valence-electron chi connectivity index (χ0n) is 7.26. The minimum Gasteiger partial charge on any atom is -0.338 e. The Morgan fingerprint density at radius 3 is 2.86 bits per heavy atom. The van der Waals surface area contributed by atoms with Crippen LogP contribution in [0.3, 0.4) is 0 Å². The molecule has 0 aliphatic carbocycles. The molecule has 0 spiro atoms. The maximum Gasteiger partial charge on any atom is 0.244 e. The van der Waals surface area contributed by atoms with Crippen LogP contribution in [0.5, 0.6) is 0 Å². The zero-order valence-corrected chi connectivity index (χ0v) is 8.90. The molecule has 4 nitrogen and oxygen atoms in total. The molecule has 0 radical (unpaired) electrons. The van der Waals surface area contributed by atoms with E-state index in [1.165, 1.54) is 6.07 Å². The molecule has 0 atom stereocenters. The van der Waals surface area contributed by atoms with Gasteiger partial charge in [-0.2, -0.15) is 0 Å². The SMILES string of the molecule is C=CC(=O)NCS(=O)(=O)c1cccs1. The molecule has 1 N–H and O–H groups in total. The second-order valence-electron chi connectivity index (χ2n) is 2.44. The molecule has 0 saturated carbocycles. The van der Waals surface area contributed by atoms with Gasteiger partial charge in [0, 0.05) is 0 Å². The van der Waals surface area contributed by atoms with Gasteiger partial charge in [0.2, 0.25) is 15.7 Å². The van der Waals surface area contributed by atoms with Gasteiger partial charge in [-0.1, -0.05) is 12.6 Å². The molecule has 0 saturated heterocycles. The molecule has 0 aromatic carbocycles. The fourth-order valence-electron chi connectivity index (χ4n) is 0.750. The zero-order chi connectivity index (χ0) is 10.6. The molecular formula is C8H9NO3S2. The van der Waals surface area contributed by atoms with Gasteiger partial charge in [0.1, 0.15) is 10.1 Å². The van der Waals surface area contributed by atoms with Crippen LogP contribution >= 0.6 is 11.3 Å². The average Bonchev–Trinajstić information content (AvgIpc) is 2.67. The minimum atomic E-state index is -3.38. The largest absolute Gasteiger partial charge is 0.338 e. The van der Waals surface area contributed by atoms with Gasteiger partial charge in [0.05, 0.1) is 0 Å². The van der Waals surface area contributed by atoms with Crippen molar-refractivity contribution < 1.29 is 13.2 Å². The number of thiophene rings is 1. The topological polar surface area (TPSA) is 63.2 Å². The maximum absolute atomic E-state index is 11.5. The lowest BCUT2D eigenvalue weighted by molar-refractivity contribution is -0.116. The van der Waals surface area contributed by atoms with Crippen LogP contribution in [0.4, 0.5) is 0 Å². The Morgan fingerprint density at radius 1 is 1.64 bits per heavy atom. The highest BCUT2D eigenvalue weighted by Crippen LogP contribution is 2.16. The predicted molar refractivity (Wildman–Crippen MR) is 54.7 cm³/mol. The molecule has 76 valence electrons. The summed E-state index contributed by atoms with van der Waals surface area (Å²) in [5.74, 6) is -0.886. The number of sulfone groups is 1. The molecule has 0 aliphatic heterocycles. The van der Waals surface area contributed by atoms with E-state index in [0.717, 1.165) is 17.4 Å². The van der Waals surface area contributed by atoms with E-state index < -0.39 is 21.6 Å². The number of nitrogens with one attached hydrogen (secondary N) is 1. The van der Waals surface area contributed by atoms with Crippen LogP contribution in [0.15, 0.2) is 34.4 Å². The Hall–Kier alpha value is -1.14. The maximum atomic E-state index is 11.5. The molecule has 0 bridgehead atoms. The second kappa shape index (κ2) is 4.39. The number of hydrogen-bond donors (Lipinski definition) is 1. The molecule has 1 rings (SSSR count). The van der Waals surface area contributed by atoms with Gasteiger partial charge in [-0.3, -0.25) is 4.79 Å². The lowest BCUT2D eigenvalue weighted by Gasteiger charge is -2.01. The number of hydrogen-bond acceptors (Lipinski definition) is 4. The van der Waals surface area contributed by atoms with Crippen molar-refractivity contribution in [1.82, 2.24) is 5.32 Å². The summed E-state index contributed by atoms with van der Waals surface area (Å²) in [5, 5.41) is 3.89. The lowest BCUT2D eigenvalue weighted by atomic mass is 10.6. The van der Waals surface area contributed by atoms with Crippen LogP contribution in [0.2, 0.25) is 0 Å². The third kappa shape index (κ3) is 2.68. The highest BCUT2D eigenvalue weighted by molar-refractivity contribution is 7.93. The third-order valence-corrected chi connectivity index (χ3v) is 4.41. The summed E-state index contributed by atoms with van der Waals surface area (Å²) in [5.41, 5.74) is 0. The summed E-state index contributed by atoms with van der Waals surface area (Å²) in [7, 11) is -3.38. The van der Waals surface area contributed by atoms with Crippen molar-refractivity contribution in [1.29, 1.82) is 0 Å². The Bertz CT molecular complexity index is 419. The molecule has 1 heterocycles. The van der Waals surface area contributed by atoms with Crippen LogP contribution in [0.1, 0.15) is 0 Å². The minimum absolute atomic E-state index is 0.252. The standard InChI is InChI=1S/C8H9NO3S2/c1-2-7(10)9-6-14(11,12)8-4-3-5-13-8/h2-5H,1,6H2,(H,9,10). The fourth-order valence-corrected chi connectivity index (χ4v) is 2.89. The molecule has 1 amide bonds. The first-order valence-electron chi connectivity index (χ1n) is 3.73. The highest BCUT2D eigenvalue weighted by atomic mass is 32.2. The summed E-state index contributed by atoms with van der Waals surface area (Å²) in [4.78, 5) is 10.7. The fraction of sp³-hybridized carbons (Fsp3) is 0.125. The molecular weight excluding hydrogens is 222 g/mol. The Morgan fingerprint density at radius 2 is 2.36 bits per heavy atom. The van der Waals surface area contributed by atoms with Crippen molar-refractivity contribution in [2.45, 2.75) is 4.21 Å². The molecule has 0 aliphatic rings. The van der Waals surface area contributed by atoms with Crippen molar-refractivity contribution in [2.24, 2.45) is 0 Å². The van der Waals surface area contributed by atoms with E-state index in [9.17, 15) is 13.2 Å². The normalized spacial score (nSPS) is 10.9.